The highest BCUT2D eigenvalue weighted by molar-refractivity contribution is 9.10. The van der Waals surface area contributed by atoms with Crippen molar-refractivity contribution >= 4 is 37.6 Å². The van der Waals surface area contributed by atoms with Crippen LogP contribution in [-0.4, -0.2) is 23.2 Å². The van der Waals surface area contributed by atoms with Gasteiger partial charge in [0.1, 0.15) is 0 Å². The van der Waals surface area contributed by atoms with Gasteiger partial charge in [-0.1, -0.05) is 34.5 Å². The van der Waals surface area contributed by atoms with E-state index in [1.807, 2.05) is 6.92 Å². The van der Waals surface area contributed by atoms with E-state index in [0.29, 0.717) is 29.4 Å². The number of nitrogens with two attached hydrogens (primary N) is 1. The van der Waals surface area contributed by atoms with Crippen LogP contribution in [0.1, 0.15) is 13.3 Å². The lowest BCUT2D eigenvalue weighted by atomic mass is 10.2. The maximum absolute atomic E-state index is 11.5. The highest BCUT2D eigenvalue weighted by atomic mass is 79.9. The molecule has 1 aromatic carbocycles. The quantitative estimate of drug-likeness (QED) is 0.883. The minimum Gasteiger partial charge on any atom is -0.297 e. The van der Waals surface area contributed by atoms with E-state index < -0.39 is 10.0 Å². The van der Waals surface area contributed by atoms with E-state index in [4.69, 9.17) is 16.7 Å². The van der Waals surface area contributed by atoms with Crippen molar-refractivity contribution in [2.45, 2.75) is 25.0 Å². The van der Waals surface area contributed by atoms with Gasteiger partial charge in [0.15, 0.2) is 5.82 Å². The lowest BCUT2D eigenvalue weighted by Crippen LogP contribution is -2.19. The molecule has 2 N–H and O–H groups in total. The number of sulfonamides is 1. The van der Waals surface area contributed by atoms with E-state index in [1.165, 1.54) is 4.57 Å². The van der Waals surface area contributed by atoms with Gasteiger partial charge >= 0.3 is 0 Å². The van der Waals surface area contributed by atoms with Crippen LogP contribution in [0.25, 0.3) is 11.4 Å². The summed E-state index contributed by atoms with van der Waals surface area (Å²) in [5, 5.41) is 13.0. The minimum absolute atomic E-state index is 0.259. The summed E-state index contributed by atoms with van der Waals surface area (Å²) < 4.78 is 25.3. The molecule has 6 nitrogen and oxygen atoms in total. The van der Waals surface area contributed by atoms with E-state index >= 15 is 0 Å². The zero-order chi connectivity index (χ0) is 14.9. The molecule has 0 saturated heterocycles. The van der Waals surface area contributed by atoms with Gasteiger partial charge in [0, 0.05) is 16.6 Å². The van der Waals surface area contributed by atoms with Crippen LogP contribution < -0.4 is 5.14 Å². The molecular weight excluding hydrogens is 368 g/mol. The molecule has 0 radical (unpaired) electrons. The summed E-state index contributed by atoms with van der Waals surface area (Å²) >= 11 is 9.49. The van der Waals surface area contributed by atoms with E-state index in [0.717, 1.165) is 4.47 Å². The highest BCUT2D eigenvalue weighted by Gasteiger charge is 2.22. The number of halogens is 2. The SMILES string of the molecule is CCCn1c(-c2cc(Br)ccc2Cl)nnc1S(N)(=O)=O. The second kappa shape index (κ2) is 5.80. The molecule has 0 unspecified atom stereocenters. The smallest absolute Gasteiger partial charge is 0.273 e. The maximum atomic E-state index is 11.5. The molecule has 0 aliphatic rings. The number of nitrogens with zero attached hydrogens (tertiary/aromatic N) is 3. The summed E-state index contributed by atoms with van der Waals surface area (Å²) in [4.78, 5) is 0. The molecule has 0 amide bonds. The molecule has 0 saturated carbocycles. The molecule has 0 fully saturated rings. The average molecular weight is 380 g/mol. The molecular formula is C11H12BrClN4O2S. The second-order valence-electron chi connectivity index (χ2n) is 4.13. The third-order valence-corrected chi connectivity index (χ3v) is 4.22. The maximum Gasteiger partial charge on any atom is 0.273 e. The summed E-state index contributed by atoms with van der Waals surface area (Å²) in [7, 11) is -3.93. The first-order valence-corrected chi connectivity index (χ1v) is 8.47. The molecule has 2 aromatic rings. The lowest BCUT2D eigenvalue weighted by molar-refractivity contribution is 0.559. The van der Waals surface area contributed by atoms with Crippen LogP contribution in [0.15, 0.2) is 27.8 Å². The Morgan fingerprint density at radius 2 is 2.10 bits per heavy atom. The topological polar surface area (TPSA) is 90.9 Å². The Morgan fingerprint density at radius 1 is 1.40 bits per heavy atom. The molecule has 0 atom stereocenters. The summed E-state index contributed by atoms with van der Waals surface area (Å²) in [5.41, 5.74) is 0.594. The van der Waals surface area contributed by atoms with Crippen LogP contribution in [0.4, 0.5) is 0 Å². The van der Waals surface area contributed by atoms with Crippen LogP contribution >= 0.6 is 27.5 Å². The summed E-state index contributed by atoms with van der Waals surface area (Å²) in [6, 6.07) is 5.24. The van der Waals surface area contributed by atoms with Gasteiger partial charge in [0.25, 0.3) is 15.2 Å². The first kappa shape index (κ1) is 15.4. The zero-order valence-electron chi connectivity index (χ0n) is 10.5. The number of benzene rings is 1. The third-order valence-electron chi connectivity index (χ3n) is 2.59. The van der Waals surface area contributed by atoms with E-state index in [-0.39, 0.29) is 5.16 Å². The molecule has 20 heavy (non-hydrogen) atoms. The van der Waals surface area contributed by atoms with Crippen molar-refractivity contribution in [3.8, 4) is 11.4 Å². The van der Waals surface area contributed by atoms with Gasteiger partial charge in [0.05, 0.1) is 5.02 Å². The Kier molecular flexibility index (Phi) is 4.48. The first-order chi connectivity index (χ1) is 9.34. The first-order valence-electron chi connectivity index (χ1n) is 5.76. The summed E-state index contributed by atoms with van der Waals surface area (Å²) in [6.07, 6.45) is 0.708. The standard InChI is InChI=1S/C11H12BrClN4O2S/c1-2-5-17-10(15-16-11(17)20(14,18)19)8-6-7(12)3-4-9(8)13/h3-4,6H,2,5H2,1H3,(H2,14,18,19). The normalized spacial score (nSPS) is 11.8. The lowest BCUT2D eigenvalue weighted by Gasteiger charge is -2.09. The molecule has 0 bridgehead atoms. The molecule has 0 aliphatic carbocycles. The number of rotatable bonds is 4. The molecule has 0 aliphatic heterocycles. The van der Waals surface area contributed by atoms with Crippen molar-refractivity contribution in [3.05, 3.63) is 27.7 Å². The number of aromatic nitrogens is 3. The van der Waals surface area contributed by atoms with Crippen molar-refractivity contribution in [2.24, 2.45) is 5.14 Å². The van der Waals surface area contributed by atoms with E-state index in [2.05, 4.69) is 26.1 Å². The molecule has 2 rings (SSSR count). The fourth-order valence-corrected chi connectivity index (χ4v) is 3.00. The van der Waals surface area contributed by atoms with Crippen LogP contribution in [0.5, 0.6) is 0 Å². The van der Waals surface area contributed by atoms with Crippen molar-refractivity contribution in [1.82, 2.24) is 14.8 Å². The fraction of sp³-hybridized carbons (Fsp3) is 0.273. The van der Waals surface area contributed by atoms with Crippen molar-refractivity contribution in [2.75, 3.05) is 0 Å². The van der Waals surface area contributed by atoms with Gasteiger partial charge in [-0.2, -0.15) is 0 Å². The summed E-state index contributed by atoms with van der Waals surface area (Å²) in [6.45, 7) is 2.34. The van der Waals surface area contributed by atoms with Gasteiger partial charge in [0.2, 0.25) is 0 Å². The fourth-order valence-electron chi connectivity index (χ4n) is 1.79. The van der Waals surface area contributed by atoms with Crippen molar-refractivity contribution in [1.29, 1.82) is 0 Å². The van der Waals surface area contributed by atoms with Crippen LogP contribution in [0, 0.1) is 0 Å². The molecule has 108 valence electrons. The minimum atomic E-state index is -3.93. The van der Waals surface area contributed by atoms with Gasteiger partial charge in [-0.05, 0) is 24.6 Å². The zero-order valence-corrected chi connectivity index (χ0v) is 13.7. The predicted molar refractivity (Wildman–Crippen MR) is 79.8 cm³/mol. The molecule has 1 heterocycles. The Morgan fingerprint density at radius 3 is 2.70 bits per heavy atom. The van der Waals surface area contributed by atoms with Crippen LogP contribution in [0.2, 0.25) is 5.02 Å². The van der Waals surface area contributed by atoms with E-state index in [9.17, 15) is 8.42 Å². The number of hydrogen-bond acceptors (Lipinski definition) is 4. The second-order valence-corrected chi connectivity index (χ2v) is 6.91. The number of primary sulfonamides is 1. The van der Waals surface area contributed by atoms with Crippen LogP contribution in [0.3, 0.4) is 0 Å². The van der Waals surface area contributed by atoms with Gasteiger partial charge in [-0.15, -0.1) is 10.2 Å². The largest absolute Gasteiger partial charge is 0.297 e. The summed E-state index contributed by atoms with van der Waals surface area (Å²) in [5.74, 6) is 0.377. The highest BCUT2D eigenvalue weighted by Crippen LogP contribution is 2.30. The molecule has 9 heteroatoms. The van der Waals surface area contributed by atoms with Gasteiger partial charge in [-0.25, -0.2) is 13.6 Å². The van der Waals surface area contributed by atoms with Gasteiger partial charge < -0.3 is 0 Å². The monoisotopic (exact) mass is 378 g/mol. The van der Waals surface area contributed by atoms with Gasteiger partial charge in [-0.3, -0.25) is 4.57 Å². The number of hydrogen-bond donors (Lipinski definition) is 1. The third kappa shape index (κ3) is 3.03. The Labute approximate surface area is 130 Å². The average Bonchev–Trinajstić information content (AvgIpc) is 2.76. The van der Waals surface area contributed by atoms with Crippen molar-refractivity contribution < 1.29 is 8.42 Å². The Balaban J connectivity index is 2.69. The Bertz CT molecular complexity index is 745. The predicted octanol–water partition coefficient (Wildman–Crippen LogP) is 2.42. The Hall–Kier alpha value is -0.960. The molecule has 1 aromatic heterocycles. The van der Waals surface area contributed by atoms with Crippen LogP contribution in [-0.2, 0) is 16.6 Å². The molecule has 0 spiro atoms. The van der Waals surface area contributed by atoms with E-state index in [1.54, 1.807) is 18.2 Å². The van der Waals surface area contributed by atoms with Crippen molar-refractivity contribution in [3.63, 3.8) is 0 Å².